The van der Waals surface area contributed by atoms with Crippen molar-refractivity contribution in [2.45, 2.75) is 23.1 Å². The third-order valence-electron chi connectivity index (χ3n) is 5.74. The van der Waals surface area contributed by atoms with Crippen LogP contribution in [0.3, 0.4) is 0 Å². The van der Waals surface area contributed by atoms with Crippen LogP contribution in [0.1, 0.15) is 12.8 Å². The Morgan fingerprint density at radius 2 is 1.81 bits per heavy atom. The Morgan fingerprint density at radius 1 is 1.03 bits per heavy atom. The van der Waals surface area contributed by atoms with Crippen molar-refractivity contribution in [1.82, 2.24) is 14.2 Å². The number of halogens is 1. The highest BCUT2D eigenvalue weighted by Crippen LogP contribution is 2.33. The number of fused-ring (bicyclic) bond motifs is 1. The van der Waals surface area contributed by atoms with Crippen LogP contribution in [0.15, 0.2) is 40.6 Å². The van der Waals surface area contributed by atoms with E-state index in [9.17, 15) is 13.2 Å². The lowest BCUT2D eigenvalue weighted by molar-refractivity contribution is -0.134. The molecule has 5 rings (SSSR count). The molecule has 0 saturated carbocycles. The Labute approximate surface area is 193 Å². The van der Waals surface area contributed by atoms with E-state index in [1.807, 2.05) is 18.2 Å². The predicted molar refractivity (Wildman–Crippen MR) is 125 cm³/mol. The highest BCUT2D eigenvalue weighted by Gasteiger charge is 2.42. The fraction of sp³-hybridized carbons (Fsp3) is 0.400. The minimum atomic E-state index is -3.72. The molecule has 2 saturated heterocycles. The van der Waals surface area contributed by atoms with Crippen molar-refractivity contribution in [3.63, 3.8) is 0 Å². The number of sulfonamides is 1. The number of aromatic nitrogens is 1. The summed E-state index contributed by atoms with van der Waals surface area (Å²) >= 11 is 8.62. The van der Waals surface area contributed by atoms with Crippen LogP contribution < -0.4 is 4.90 Å². The average molecular weight is 497 g/mol. The molecule has 1 atom stereocenters. The van der Waals surface area contributed by atoms with E-state index in [4.69, 9.17) is 16.6 Å². The van der Waals surface area contributed by atoms with Crippen LogP contribution in [0.2, 0.25) is 4.34 Å². The number of thiazole rings is 1. The van der Waals surface area contributed by atoms with E-state index in [0.29, 0.717) is 49.9 Å². The third kappa shape index (κ3) is 3.95. The number of hydrogen-bond acceptors (Lipinski definition) is 7. The first-order valence-corrected chi connectivity index (χ1v) is 13.5. The lowest BCUT2D eigenvalue weighted by Crippen LogP contribution is -2.54. The van der Waals surface area contributed by atoms with Crippen molar-refractivity contribution in [2.75, 3.05) is 37.6 Å². The molecule has 2 aliphatic heterocycles. The Hall–Kier alpha value is -1.72. The summed E-state index contributed by atoms with van der Waals surface area (Å²) in [5, 5.41) is 0.966. The molecule has 0 unspecified atom stereocenters. The third-order valence-corrected chi connectivity index (χ3v) is 10.4. The van der Waals surface area contributed by atoms with Crippen LogP contribution in [0.25, 0.3) is 10.2 Å². The lowest BCUT2D eigenvalue weighted by atomic mass is 10.2. The number of carbonyl (C=O) groups excluding carboxylic acids is 1. The molecule has 11 heteroatoms. The number of hydrogen-bond donors (Lipinski definition) is 0. The molecule has 2 aromatic heterocycles. The molecule has 1 amide bonds. The monoisotopic (exact) mass is 496 g/mol. The van der Waals surface area contributed by atoms with E-state index in [1.165, 1.54) is 10.4 Å². The quantitative estimate of drug-likeness (QED) is 0.552. The molecule has 3 aromatic rings. The highest BCUT2D eigenvalue weighted by molar-refractivity contribution is 7.91. The van der Waals surface area contributed by atoms with Crippen molar-refractivity contribution in [3.05, 3.63) is 40.7 Å². The van der Waals surface area contributed by atoms with Gasteiger partial charge in [0.2, 0.25) is 5.91 Å². The minimum Gasteiger partial charge on any atom is -0.345 e. The van der Waals surface area contributed by atoms with Crippen molar-refractivity contribution in [3.8, 4) is 0 Å². The summed E-state index contributed by atoms with van der Waals surface area (Å²) in [7, 11) is -3.72. The van der Waals surface area contributed by atoms with Crippen molar-refractivity contribution >= 4 is 65.6 Å². The maximum Gasteiger partial charge on any atom is 0.253 e. The standard InChI is InChI=1S/C20H21ClN4O3S3/c21-17-7-8-18(30-17)31(27,28)25-9-3-5-15(25)19(26)23-10-12-24(13-11-23)20-22-14-4-1-2-6-16(14)29-20/h1-2,4,6-8,15H,3,5,9-13H2/t15-/m1/s1. The second kappa shape index (κ2) is 8.32. The molecule has 31 heavy (non-hydrogen) atoms. The topological polar surface area (TPSA) is 73.8 Å². The molecule has 2 fully saturated rings. The van der Waals surface area contributed by atoms with Crippen LogP contribution in [-0.2, 0) is 14.8 Å². The molecule has 1 aromatic carbocycles. The van der Waals surface area contributed by atoms with Gasteiger partial charge in [-0.2, -0.15) is 4.31 Å². The lowest BCUT2D eigenvalue weighted by Gasteiger charge is -2.37. The Kier molecular flexibility index (Phi) is 5.68. The Morgan fingerprint density at radius 3 is 2.52 bits per heavy atom. The fourth-order valence-corrected chi connectivity index (χ4v) is 8.43. The van der Waals surface area contributed by atoms with E-state index in [1.54, 1.807) is 22.3 Å². The van der Waals surface area contributed by atoms with Gasteiger partial charge in [0.15, 0.2) is 5.13 Å². The van der Waals surface area contributed by atoms with E-state index in [0.717, 1.165) is 26.7 Å². The number of amides is 1. The number of nitrogens with zero attached hydrogens (tertiary/aromatic N) is 4. The summed E-state index contributed by atoms with van der Waals surface area (Å²) in [6.07, 6.45) is 1.23. The van der Waals surface area contributed by atoms with Crippen LogP contribution in [0.4, 0.5) is 5.13 Å². The summed E-state index contributed by atoms with van der Waals surface area (Å²) < 4.78 is 29.2. The molecule has 0 bridgehead atoms. The van der Waals surface area contributed by atoms with Crippen LogP contribution in [0, 0.1) is 0 Å². The fourth-order valence-electron chi connectivity index (χ4n) is 4.15. The summed E-state index contributed by atoms with van der Waals surface area (Å²) in [5.74, 6) is -0.104. The van der Waals surface area contributed by atoms with Gasteiger partial charge in [-0.3, -0.25) is 4.79 Å². The summed E-state index contributed by atoms with van der Waals surface area (Å²) in [6.45, 7) is 2.85. The number of rotatable bonds is 4. The van der Waals surface area contributed by atoms with Gasteiger partial charge in [-0.1, -0.05) is 35.1 Å². The molecule has 164 valence electrons. The summed E-state index contributed by atoms with van der Waals surface area (Å²) in [4.78, 5) is 21.9. The molecule has 0 N–H and O–H groups in total. The van der Waals surface area contributed by atoms with Gasteiger partial charge in [-0.05, 0) is 37.1 Å². The van der Waals surface area contributed by atoms with Crippen molar-refractivity contribution in [1.29, 1.82) is 0 Å². The second-order valence-electron chi connectivity index (χ2n) is 7.61. The minimum absolute atomic E-state index is 0.104. The zero-order valence-corrected chi connectivity index (χ0v) is 19.8. The van der Waals surface area contributed by atoms with Gasteiger partial charge < -0.3 is 9.80 Å². The Balaban J connectivity index is 1.27. The van der Waals surface area contributed by atoms with Crippen molar-refractivity contribution in [2.24, 2.45) is 0 Å². The SMILES string of the molecule is O=C([C@H]1CCCN1S(=O)(=O)c1ccc(Cl)s1)N1CCN(c2nc3ccccc3s2)CC1. The molecule has 0 spiro atoms. The number of benzene rings is 1. The second-order valence-corrected chi connectivity index (χ2v) is 12.5. The van der Waals surface area contributed by atoms with Gasteiger partial charge in [0, 0.05) is 32.7 Å². The molecule has 4 heterocycles. The van der Waals surface area contributed by atoms with E-state index in [2.05, 4.69) is 11.0 Å². The van der Waals surface area contributed by atoms with Gasteiger partial charge in [-0.25, -0.2) is 13.4 Å². The van der Waals surface area contributed by atoms with Crippen molar-refractivity contribution < 1.29 is 13.2 Å². The zero-order chi connectivity index (χ0) is 21.6. The predicted octanol–water partition coefficient (Wildman–Crippen LogP) is 3.51. The summed E-state index contributed by atoms with van der Waals surface area (Å²) in [6, 6.07) is 10.5. The van der Waals surface area contributed by atoms with Crippen LogP contribution in [0.5, 0.6) is 0 Å². The normalized spacial score (nSPS) is 20.6. The Bertz CT molecular complexity index is 1180. The van der Waals surface area contributed by atoms with Gasteiger partial charge in [0.05, 0.1) is 14.6 Å². The molecule has 0 radical (unpaired) electrons. The van der Waals surface area contributed by atoms with Gasteiger partial charge in [0.1, 0.15) is 10.3 Å². The van der Waals surface area contributed by atoms with Crippen LogP contribution >= 0.6 is 34.3 Å². The molecule has 2 aliphatic rings. The summed E-state index contributed by atoms with van der Waals surface area (Å²) in [5.41, 5.74) is 0.987. The van der Waals surface area contributed by atoms with Gasteiger partial charge in [-0.15, -0.1) is 11.3 Å². The first kappa shape index (κ1) is 21.1. The highest BCUT2D eigenvalue weighted by atomic mass is 35.5. The molecular weight excluding hydrogens is 476 g/mol. The van der Waals surface area contributed by atoms with Gasteiger partial charge >= 0.3 is 0 Å². The first-order chi connectivity index (χ1) is 14.9. The molecule has 0 aliphatic carbocycles. The maximum atomic E-state index is 13.2. The maximum absolute atomic E-state index is 13.2. The van der Waals surface area contributed by atoms with Crippen LogP contribution in [-0.4, -0.2) is 67.3 Å². The van der Waals surface area contributed by atoms with E-state index < -0.39 is 16.1 Å². The molecule has 7 nitrogen and oxygen atoms in total. The van der Waals surface area contributed by atoms with Gasteiger partial charge in [0.25, 0.3) is 10.0 Å². The largest absolute Gasteiger partial charge is 0.345 e. The zero-order valence-electron chi connectivity index (χ0n) is 16.6. The van der Waals surface area contributed by atoms with E-state index >= 15 is 0 Å². The smallest absolute Gasteiger partial charge is 0.253 e. The number of piperazine rings is 1. The number of anilines is 1. The average Bonchev–Trinajstić information content (AvgIpc) is 3.52. The molecular formula is C20H21ClN4O3S3. The number of thiophene rings is 1. The number of para-hydroxylation sites is 1. The first-order valence-electron chi connectivity index (χ1n) is 10.1. The van der Waals surface area contributed by atoms with E-state index in [-0.39, 0.29) is 10.1 Å². The number of carbonyl (C=O) groups is 1.